The van der Waals surface area contributed by atoms with Crippen LogP contribution in [0.3, 0.4) is 0 Å². The van der Waals surface area contributed by atoms with Crippen molar-refractivity contribution in [3.63, 3.8) is 0 Å². The standard InChI is InChI=1S/C15H22N4O/c1-4-6-17-13(10-15-18-8-9-19(15)2)12-5-7-16-11-14(12)20-3/h5,7-9,11,13,17H,4,6,10H2,1-3H3. The van der Waals surface area contributed by atoms with Gasteiger partial charge in [0, 0.05) is 43.7 Å². The highest BCUT2D eigenvalue weighted by Crippen LogP contribution is 2.26. The predicted octanol–water partition coefficient (Wildman–Crippen LogP) is 2.11. The van der Waals surface area contributed by atoms with E-state index in [-0.39, 0.29) is 6.04 Å². The number of aromatic nitrogens is 3. The number of pyridine rings is 1. The Bertz CT molecular complexity index is 538. The Balaban J connectivity index is 2.24. The van der Waals surface area contributed by atoms with Gasteiger partial charge < -0.3 is 14.6 Å². The van der Waals surface area contributed by atoms with Gasteiger partial charge in [0.25, 0.3) is 0 Å². The minimum Gasteiger partial charge on any atom is -0.495 e. The molecule has 0 bridgehead atoms. The molecule has 0 spiro atoms. The molecule has 1 unspecified atom stereocenters. The molecule has 0 aliphatic carbocycles. The lowest BCUT2D eigenvalue weighted by Gasteiger charge is -2.20. The Hall–Kier alpha value is -1.88. The van der Waals surface area contributed by atoms with E-state index < -0.39 is 0 Å². The first kappa shape index (κ1) is 14.5. The molecule has 0 amide bonds. The van der Waals surface area contributed by atoms with Crippen molar-refractivity contribution >= 4 is 0 Å². The fourth-order valence-corrected chi connectivity index (χ4v) is 2.24. The lowest BCUT2D eigenvalue weighted by Crippen LogP contribution is -2.25. The summed E-state index contributed by atoms with van der Waals surface area (Å²) in [6.07, 6.45) is 9.27. The highest BCUT2D eigenvalue weighted by atomic mass is 16.5. The summed E-state index contributed by atoms with van der Waals surface area (Å²) in [7, 11) is 3.70. The SMILES string of the molecule is CCCNC(Cc1nccn1C)c1ccncc1OC. The molecule has 108 valence electrons. The largest absolute Gasteiger partial charge is 0.495 e. The van der Waals surface area contributed by atoms with E-state index in [4.69, 9.17) is 4.74 Å². The van der Waals surface area contributed by atoms with Crippen molar-refractivity contribution in [3.05, 3.63) is 42.2 Å². The van der Waals surface area contributed by atoms with Gasteiger partial charge in [0.05, 0.1) is 13.3 Å². The third-order valence-corrected chi connectivity index (χ3v) is 3.36. The number of imidazole rings is 1. The van der Waals surface area contributed by atoms with Crippen LogP contribution in [0.1, 0.15) is 30.8 Å². The lowest BCUT2D eigenvalue weighted by atomic mass is 10.0. The van der Waals surface area contributed by atoms with E-state index >= 15 is 0 Å². The number of hydrogen-bond donors (Lipinski definition) is 1. The summed E-state index contributed by atoms with van der Waals surface area (Å²) in [6.45, 7) is 3.12. The summed E-state index contributed by atoms with van der Waals surface area (Å²) in [5.41, 5.74) is 1.12. The molecule has 5 nitrogen and oxygen atoms in total. The van der Waals surface area contributed by atoms with Crippen LogP contribution >= 0.6 is 0 Å². The van der Waals surface area contributed by atoms with Gasteiger partial charge in [-0.05, 0) is 19.0 Å². The molecule has 0 saturated heterocycles. The van der Waals surface area contributed by atoms with Gasteiger partial charge >= 0.3 is 0 Å². The fraction of sp³-hybridized carbons (Fsp3) is 0.467. The van der Waals surface area contributed by atoms with Crippen molar-refractivity contribution in [3.8, 4) is 5.75 Å². The Morgan fingerprint density at radius 3 is 2.90 bits per heavy atom. The minimum absolute atomic E-state index is 0.175. The third-order valence-electron chi connectivity index (χ3n) is 3.36. The van der Waals surface area contributed by atoms with E-state index in [1.807, 2.05) is 30.1 Å². The van der Waals surface area contributed by atoms with Crippen molar-refractivity contribution in [2.45, 2.75) is 25.8 Å². The van der Waals surface area contributed by atoms with E-state index in [9.17, 15) is 0 Å². The Morgan fingerprint density at radius 2 is 2.25 bits per heavy atom. The zero-order valence-electron chi connectivity index (χ0n) is 12.3. The molecule has 0 aliphatic rings. The van der Waals surface area contributed by atoms with Crippen LogP contribution in [0.25, 0.3) is 0 Å². The summed E-state index contributed by atoms with van der Waals surface area (Å²) < 4.78 is 7.48. The summed E-state index contributed by atoms with van der Waals surface area (Å²) in [4.78, 5) is 8.53. The first-order valence-corrected chi connectivity index (χ1v) is 6.93. The average molecular weight is 274 g/mol. The van der Waals surface area contributed by atoms with Gasteiger partial charge in [0.15, 0.2) is 0 Å². The first-order chi connectivity index (χ1) is 9.76. The maximum Gasteiger partial charge on any atom is 0.141 e. The Labute approximate surface area is 120 Å². The zero-order chi connectivity index (χ0) is 14.4. The number of rotatable bonds is 7. The van der Waals surface area contributed by atoms with E-state index in [1.54, 1.807) is 19.5 Å². The van der Waals surface area contributed by atoms with Gasteiger partial charge in [-0.2, -0.15) is 0 Å². The fourth-order valence-electron chi connectivity index (χ4n) is 2.24. The molecule has 1 atom stereocenters. The summed E-state index contributed by atoms with van der Waals surface area (Å²) in [5, 5.41) is 3.56. The molecule has 0 saturated carbocycles. The molecule has 20 heavy (non-hydrogen) atoms. The van der Waals surface area contributed by atoms with Crippen LogP contribution in [-0.2, 0) is 13.5 Å². The second-order valence-electron chi connectivity index (χ2n) is 4.78. The first-order valence-electron chi connectivity index (χ1n) is 6.93. The Morgan fingerprint density at radius 1 is 1.40 bits per heavy atom. The van der Waals surface area contributed by atoms with Crippen LogP contribution in [-0.4, -0.2) is 28.2 Å². The number of ether oxygens (including phenoxy) is 1. The summed E-state index contributed by atoms with van der Waals surface area (Å²) >= 11 is 0. The van der Waals surface area contributed by atoms with Crippen molar-refractivity contribution in [1.82, 2.24) is 19.9 Å². The molecule has 2 aromatic rings. The van der Waals surface area contributed by atoms with E-state index in [0.717, 1.165) is 36.5 Å². The third kappa shape index (κ3) is 3.36. The molecule has 1 N–H and O–H groups in total. The van der Waals surface area contributed by atoms with Crippen LogP contribution in [0.5, 0.6) is 5.75 Å². The van der Waals surface area contributed by atoms with Crippen LogP contribution in [0.4, 0.5) is 0 Å². The molecule has 0 aliphatic heterocycles. The maximum atomic E-state index is 5.43. The molecule has 0 radical (unpaired) electrons. The smallest absolute Gasteiger partial charge is 0.141 e. The van der Waals surface area contributed by atoms with Crippen LogP contribution in [0.15, 0.2) is 30.9 Å². The predicted molar refractivity (Wildman–Crippen MR) is 78.7 cm³/mol. The van der Waals surface area contributed by atoms with Crippen LogP contribution < -0.4 is 10.1 Å². The summed E-state index contributed by atoms with van der Waals surface area (Å²) in [6, 6.07) is 2.18. The van der Waals surface area contributed by atoms with Crippen molar-refractivity contribution in [2.75, 3.05) is 13.7 Å². The molecule has 0 fully saturated rings. The molecule has 2 heterocycles. The molecule has 2 rings (SSSR count). The van der Waals surface area contributed by atoms with Crippen molar-refractivity contribution in [2.24, 2.45) is 7.05 Å². The molecular formula is C15H22N4O. The van der Waals surface area contributed by atoms with Crippen molar-refractivity contribution < 1.29 is 4.74 Å². The monoisotopic (exact) mass is 274 g/mol. The van der Waals surface area contributed by atoms with E-state index in [0.29, 0.717) is 0 Å². The van der Waals surface area contributed by atoms with E-state index in [1.165, 1.54) is 0 Å². The quantitative estimate of drug-likeness (QED) is 0.840. The highest BCUT2D eigenvalue weighted by molar-refractivity contribution is 5.33. The second-order valence-corrected chi connectivity index (χ2v) is 4.78. The number of hydrogen-bond acceptors (Lipinski definition) is 4. The zero-order valence-corrected chi connectivity index (χ0v) is 12.3. The number of nitrogens with one attached hydrogen (secondary N) is 1. The molecule has 2 aromatic heterocycles. The Kier molecular flexibility index (Phi) is 5.12. The maximum absolute atomic E-state index is 5.43. The summed E-state index contributed by atoms with van der Waals surface area (Å²) in [5.74, 6) is 1.87. The number of nitrogens with zero attached hydrogens (tertiary/aromatic N) is 3. The van der Waals surface area contributed by atoms with Gasteiger partial charge in [-0.1, -0.05) is 6.92 Å². The topological polar surface area (TPSA) is 52.0 Å². The molecule has 5 heteroatoms. The van der Waals surface area contributed by atoms with Gasteiger partial charge in [-0.25, -0.2) is 4.98 Å². The highest BCUT2D eigenvalue weighted by Gasteiger charge is 2.17. The minimum atomic E-state index is 0.175. The number of aryl methyl sites for hydroxylation is 1. The van der Waals surface area contributed by atoms with Crippen LogP contribution in [0, 0.1) is 0 Å². The van der Waals surface area contributed by atoms with Crippen LogP contribution in [0.2, 0.25) is 0 Å². The van der Waals surface area contributed by atoms with Gasteiger partial charge in [-0.15, -0.1) is 0 Å². The van der Waals surface area contributed by atoms with Gasteiger partial charge in [0.2, 0.25) is 0 Å². The van der Waals surface area contributed by atoms with Gasteiger partial charge in [0.1, 0.15) is 11.6 Å². The van der Waals surface area contributed by atoms with E-state index in [2.05, 4.69) is 22.2 Å². The second kappa shape index (κ2) is 7.05. The van der Waals surface area contributed by atoms with Crippen molar-refractivity contribution in [1.29, 1.82) is 0 Å². The lowest BCUT2D eigenvalue weighted by molar-refractivity contribution is 0.394. The normalized spacial score (nSPS) is 12.3. The molecular weight excluding hydrogens is 252 g/mol. The molecule has 0 aromatic carbocycles. The number of methoxy groups -OCH3 is 1. The average Bonchev–Trinajstić information content (AvgIpc) is 2.88. The van der Waals surface area contributed by atoms with Gasteiger partial charge in [-0.3, -0.25) is 4.98 Å².